The molecule has 1 aliphatic heterocycles. The van der Waals surface area contributed by atoms with Crippen molar-refractivity contribution in [2.24, 2.45) is 0 Å². The van der Waals surface area contributed by atoms with Crippen LogP contribution in [0.15, 0.2) is 6.33 Å². The normalized spacial score (nSPS) is 30.2. The van der Waals surface area contributed by atoms with E-state index in [1.54, 1.807) is 6.92 Å². The van der Waals surface area contributed by atoms with Crippen molar-refractivity contribution >= 4 is 22.8 Å². The van der Waals surface area contributed by atoms with Gasteiger partial charge in [-0.3, -0.25) is 4.57 Å². The van der Waals surface area contributed by atoms with Gasteiger partial charge >= 0.3 is 0 Å². The molecule has 0 aliphatic carbocycles. The molecule has 0 radical (unpaired) electrons. The van der Waals surface area contributed by atoms with Gasteiger partial charge in [-0.05, 0) is 18.5 Å². The van der Waals surface area contributed by atoms with Gasteiger partial charge in [-0.2, -0.15) is 4.98 Å². The molecule has 8 nitrogen and oxygen atoms in total. The molecule has 4 atom stereocenters. The van der Waals surface area contributed by atoms with Crippen molar-refractivity contribution in [3.05, 3.63) is 17.3 Å². The first kappa shape index (κ1) is 13.7. The largest absolute Gasteiger partial charge is 0.394 e. The number of aliphatic hydroxyl groups excluding tert-OH is 3. The Morgan fingerprint density at radius 2 is 2.10 bits per heavy atom. The molecule has 1 aliphatic rings. The van der Waals surface area contributed by atoms with E-state index in [4.69, 9.17) is 21.4 Å². The molecule has 9 heteroatoms. The standard InChI is InChI=1S/C11H13ClN4O4/c1-4-6-9(15-11(12)14-4)16(3-13-6)10-8(19)7(18)5(2-17)20-10/h3,5,7-8,10,17-19H,2H2,1H3/t5-,7-,8-,10-/m1/s1. The second kappa shape index (κ2) is 4.90. The number of halogens is 1. The molecule has 0 unspecified atom stereocenters. The number of hydrogen-bond donors (Lipinski definition) is 3. The average Bonchev–Trinajstić information content (AvgIpc) is 2.93. The van der Waals surface area contributed by atoms with E-state index < -0.39 is 31.1 Å². The van der Waals surface area contributed by atoms with Gasteiger partial charge in [-0.15, -0.1) is 0 Å². The number of aliphatic hydroxyl groups is 3. The summed E-state index contributed by atoms with van der Waals surface area (Å²) in [5, 5.41) is 29.0. The summed E-state index contributed by atoms with van der Waals surface area (Å²) in [6.45, 7) is 1.35. The maximum atomic E-state index is 10.0. The molecule has 2 aromatic rings. The molecule has 1 fully saturated rings. The maximum Gasteiger partial charge on any atom is 0.224 e. The second-order valence-electron chi connectivity index (χ2n) is 4.63. The van der Waals surface area contributed by atoms with E-state index in [-0.39, 0.29) is 5.28 Å². The van der Waals surface area contributed by atoms with Crippen molar-refractivity contribution in [2.75, 3.05) is 6.61 Å². The van der Waals surface area contributed by atoms with Gasteiger partial charge < -0.3 is 20.1 Å². The number of imidazole rings is 1. The predicted molar refractivity (Wildman–Crippen MR) is 68.1 cm³/mol. The lowest BCUT2D eigenvalue weighted by Crippen LogP contribution is -2.33. The minimum Gasteiger partial charge on any atom is -0.394 e. The molecular weight excluding hydrogens is 288 g/mol. The van der Waals surface area contributed by atoms with Gasteiger partial charge in [0, 0.05) is 0 Å². The lowest BCUT2D eigenvalue weighted by atomic mass is 10.1. The minimum absolute atomic E-state index is 0.0588. The summed E-state index contributed by atoms with van der Waals surface area (Å²) in [6.07, 6.45) is -2.69. The van der Waals surface area contributed by atoms with E-state index in [0.29, 0.717) is 16.9 Å². The van der Waals surface area contributed by atoms with Crippen LogP contribution in [0.3, 0.4) is 0 Å². The summed E-state index contributed by atoms with van der Waals surface area (Å²) < 4.78 is 6.91. The molecule has 3 heterocycles. The van der Waals surface area contributed by atoms with Gasteiger partial charge in [-0.25, -0.2) is 9.97 Å². The van der Waals surface area contributed by atoms with Crippen LogP contribution in [0, 0.1) is 6.92 Å². The average molecular weight is 301 g/mol. The van der Waals surface area contributed by atoms with E-state index in [9.17, 15) is 10.2 Å². The molecule has 0 spiro atoms. The summed E-state index contributed by atoms with van der Waals surface area (Å²) in [7, 11) is 0. The van der Waals surface area contributed by atoms with Crippen LogP contribution in [0.1, 0.15) is 11.9 Å². The van der Waals surface area contributed by atoms with Crippen LogP contribution in [0.2, 0.25) is 5.28 Å². The molecule has 20 heavy (non-hydrogen) atoms. The molecule has 0 saturated carbocycles. The van der Waals surface area contributed by atoms with Crippen LogP contribution >= 0.6 is 11.6 Å². The van der Waals surface area contributed by atoms with Gasteiger partial charge in [0.05, 0.1) is 18.6 Å². The highest BCUT2D eigenvalue weighted by atomic mass is 35.5. The summed E-state index contributed by atoms with van der Waals surface area (Å²) in [5.74, 6) is 0. The monoisotopic (exact) mass is 300 g/mol. The van der Waals surface area contributed by atoms with Gasteiger partial charge in [0.2, 0.25) is 5.28 Å². The molecule has 0 aromatic carbocycles. The highest BCUT2D eigenvalue weighted by Gasteiger charge is 2.43. The van der Waals surface area contributed by atoms with Gasteiger partial charge in [0.15, 0.2) is 11.9 Å². The summed E-state index contributed by atoms with van der Waals surface area (Å²) in [6, 6.07) is 0. The lowest BCUT2D eigenvalue weighted by molar-refractivity contribution is -0.0511. The Morgan fingerprint density at radius 3 is 2.75 bits per heavy atom. The van der Waals surface area contributed by atoms with Gasteiger partial charge in [0.25, 0.3) is 0 Å². The molecule has 108 valence electrons. The quantitative estimate of drug-likeness (QED) is 0.635. The fourth-order valence-corrected chi connectivity index (χ4v) is 2.53. The van der Waals surface area contributed by atoms with Crippen molar-refractivity contribution < 1.29 is 20.1 Å². The van der Waals surface area contributed by atoms with Gasteiger partial charge in [-0.1, -0.05) is 0 Å². The molecule has 3 N–H and O–H groups in total. The van der Waals surface area contributed by atoms with E-state index in [0.717, 1.165) is 0 Å². The second-order valence-corrected chi connectivity index (χ2v) is 4.97. The summed E-state index contributed by atoms with van der Waals surface area (Å²) in [5.41, 5.74) is 1.54. The van der Waals surface area contributed by atoms with Crippen molar-refractivity contribution in [2.45, 2.75) is 31.5 Å². The van der Waals surface area contributed by atoms with Crippen molar-refractivity contribution in [1.29, 1.82) is 0 Å². The SMILES string of the molecule is Cc1nc(Cl)nc2c1ncn2[C@@H]1O[C@H](CO)[C@@H](O)[C@H]1O. The number of aryl methyl sites for hydroxylation is 1. The van der Waals surface area contributed by atoms with Crippen LogP contribution in [0.25, 0.3) is 11.2 Å². The first-order valence-electron chi connectivity index (χ1n) is 6.02. The number of ether oxygens (including phenoxy) is 1. The van der Waals surface area contributed by atoms with Crippen LogP contribution in [-0.2, 0) is 4.74 Å². The molecule has 1 saturated heterocycles. The Morgan fingerprint density at radius 1 is 1.35 bits per heavy atom. The van der Waals surface area contributed by atoms with Crippen LogP contribution in [0.5, 0.6) is 0 Å². The first-order valence-corrected chi connectivity index (χ1v) is 6.40. The fraction of sp³-hybridized carbons (Fsp3) is 0.545. The van der Waals surface area contributed by atoms with Crippen LogP contribution in [0.4, 0.5) is 0 Å². The molecule has 2 aromatic heterocycles. The Balaban J connectivity index is 2.07. The van der Waals surface area contributed by atoms with E-state index >= 15 is 0 Å². The number of nitrogens with zero attached hydrogens (tertiary/aromatic N) is 4. The number of hydrogen-bond acceptors (Lipinski definition) is 7. The van der Waals surface area contributed by atoms with E-state index in [1.165, 1.54) is 10.9 Å². The fourth-order valence-electron chi connectivity index (χ4n) is 2.32. The molecule has 0 bridgehead atoms. The van der Waals surface area contributed by atoms with Crippen molar-refractivity contribution in [3.63, 3.8) is 0 Å². The molecule has 0 amide bonds. The Hall–Kier alpha value is -1.32. The Bertz CT molecular complexity index is 649. The highest BCUT2D eigenvalue weighted by molar-refractivity contribution is 6.28. The summed E-state index contributed by atoms with van der Waals surface area (Å²) in [4.78, 5) is 12.2. The van der Waals surface area contributed by atoms with Crippen molar-refractivity contribution in [3.8, 4) is 0 Å². The third kappa shape index (κ3) is 1.97. The Labute approximate surface area is 118 Å². The van der Waals surface area contributed by atoms with Crippen LogP contribution in [-0.4, -0.2) is 59.8 Å². The zero-order valence-electron chi connectivity index (χ0n) is 10.5. The van der Waals surface area contributed by atoms with Crippen molar-refractivity contribution in [1.82, 2.24) is 19.5 Å². The zero-order valence-corrected chi connectivity index (χ0v) is 11.3. The minimum atomic E-state index is -1.20. The molecular formula is C11H13ClN4O4. The number of aromatic nitrogens is 4. The summed E-state index contributed by atoms with van der Waals surface area (Å²) >= 11 is 5.82. The van der Waals surface area contributed by atoms with Crippen LogP contribution < -0.4 is 0 Å². The molecule has 3 rings (SSSR count). The van der Waals surface area contributed by atoms with E-state index in [1.807, 2.05) is 0 Å². The zero-order chi connectivity index (χ0) is 14.4. The highest BCUT2D eigenvalue weighted by Crippen LogP contribution is 2.31. The smallest absolute Gasteiger partial charge is 0.224 e. The number of fused-ring (bicyclic) bond motifs is 1. The Kier molecular flexibility index (Phi) is 3.35. The third-order valence-electron chi connectivity index (χ3n) is 3.36. The first-order chi connectivity index (χ1) is 9.52. The number of rotatable bonds is 2. The van der Waals surface area contributed by atoms with E-state index in [2.05, 4.69) is 15.0 Å². The third-order valence-corrected chi connectivity index (χ3v) is 3.53. The van der Waals surface area contributed by atoms with Gasteiger partial charge in [0.1, 0.15) is 23.8 Å². The topological polar surface area (TPSA) is 114 Å². The predicted octanol–water partition coefficient (Wildman–Crippen LogP) is -0.600. The lowest BCUT2D eigenvalue weighted by Gasteiger charge is -2.16. The maximum absolute atomic E-state index is 10.0.